The lowest BCUT2D eigenvalue weighted by atomic mass is 10.0. The highest BCUT2D eigenvalue weighted by Gasteiger charge is 2.44. The van der Waals surface area contributed by atoms with Gasteiger partial charge in [-0.15, -0.1) is 4.91 Å². The topological polar surface area (TPSA) is 102 Å². The van der Waals surface area contributed by atoms with Crippen molar-refractivity contribution in [1.29, 1.82) is 0 Å². The lowest BCUT2D eigenvalue weighted by Crippen LogP contribution is -2.48. The SMILES string of the molecule is CCOC(=O)CC(c1ccc(N=O)cc1)N(N)C(=O)C(F)(F)F. The third-order valence-corrected chi connectivity index (χ3v) is 2.86. The Hall–Kier alpha value is -2.49. The minimum absolute atomic E-state index is 0.0251. The van der Waals surface area contributed by atoms with Gasteiger partial charge < -0.3 is 4.74 Å². The second kappa shape index (κ2) is 7.68. The summed E-state index contributed by atoms with van der Waals surface area (Å²) >= 11 is 0. The van der Waals surface area contributed by atoms with Crippen LogP contribution >= 0.6 is 0 Å². The highest BCUT2D eigenvalue weighted by molar-refractivity contribution is 5.82. The molecule has 0 bridgehead atoms. The summed E-state index contributed by atoms with van der Waals surface area (Å²) in [5.41, 5.74) is 0.167. The number of carbonyl (C=O) groups is 2. The number of amides is 1. The van der Waals surface area contributed by atoms with Gasteiger partial charge in [0, 0.05) is 0 Å². The van der Waals surface area contributed by atoms with Gasteiger partial charge >= 0.3 is 18.1 Å². The molecule has 0 saturated carbocycles. The molecule has 0 spiro atoms. The first-order valence-electron chi connectivity index (χ1n) is 6.44. The van der Waals surface area contributed by atoms with E-state index in [4.69, 9.17) is 5.84 Å². The average Bonchev–Trinajstić information content (AvgIpc) is 2.50. The monoisotopic (exact) mass is 333 g/mol. The third kappa shape index (κ3) is 5.02. The standard InChI is InChI=1S/C13H14F3N3O4/c1-2-23-11(20)7-10(19(17)12(21)13(14,15)16)8-3-5-9(18-22)6-4-8/h3-6,10H,2,7,17H2,1H3. The molecule has 1 aromatic carbocycles. The first kappa shape index (κ1) is 18.6. The van der Waals surface area contributed by atoms with Gasteiger partial charge in [0.1, 0.15) is 5.69 Å². The Labute approximate surface area is 129 Å². The van der Waals surface area contributed by atoms with Crippen LogP contribution in [0.15, 0.2) is 29.4 Å². The second-order valence-corrected chi connectivity index (χ2v) is 4.42. The third-order valence-electron chi connectivity index (χ3n) is 2.86. The van der Waals surface area contributed by atoms with E-state index in [1.54, 1.807) is 0 Å². The molecule has 0 radical (unpaired) electrons. The van der Waals surface area contributed by atoms with Crippen molar-refractivity contribution in [3.63, 3.8) is 0 Å². The number of carbonyl (C=O) groups excluding carboxylic acids is 2. The maximum absolute atomic E-state index is 12.5. The van der Waals surface area contributed by atoms with Crippen LogP contribution in [0.2, 0.25) is 0 Å². The number of nitrogens with zero attached hydrogens (tertiary/aromatic N) is 2. The van der Waals surface area contributed by atoms with Crippen molar-refractivity contribution in [2.75, 3.05) is 6.61 Å². The molecule has 1 atom stereocenters. The molecule has 0 saturated heterocycles. The minimum Gasteiger partial charge on any atom is -0.466 e. The Morgan fingerprint density at radius 2 is 1.87 bits per heavy atom. The molecule has 1 unspecified atom stereocenters. The summed E-state index contributed by atoms with van der Waals surface area (Å²) in [5.74, 6) is 2.15. The number of alkyl halides is 3. The molecule has 10 heteroatoms. The van der Waals surface area contributed by atoms with Crippen molar-refractivity contribution in [1.82, 2.24) is 5.01 Å². The first-order chi connectivity index (χ1) is 10.7. The van der Waals surface area contributed by atoms with E-state index < -0.39 is 30.5 Å². The van der Waals surface area contributed by atoms with Gasteiger partial charge in [-0.2, -0.15) is 13.2 Å². The van der Waals surface area contributed by atoms with E-state index in [0.717, 1.165) is 0 Å². The molecule has 126 valence electrons. The summed E-state index contributed by atoms with van der Waals surface area (Å²) in [7, 11) is 0. The van der Waals surface area contributed by atoms with Crippen LogP contribution in [0.25, 0.3) is 0 Å². The van der Waals surface area contributed by atoms with Crippen LogP contribution in [0.5, 0.6) is 0 Å². The molecule has 0 fully saturated rings. The number of halogens is 3. The summed E-state index contributed by atoms with van der Waals surface area (Å²) in [6, 6.07) is 3.57. The second-order valence-electron chi connectivity index (χ2n) is 4.42. The number of benzene rings is 1. The van der Waals surface area contributed by atoms with Crippen molar-refractivity contribution in [2.45, 2.75) is 25.6 Å². The first-order valence-corrected chi connectivity index (χ1v) is 6.44. The Bertz CT molecular complexity index is 575. The minimum atomic E-state index is -5.19. The van der Waals surface area contributed by atoms with Gasteiger partial charge in [0.05, 0.1) is 19.1 Å². The van der Waals surface area contributed by atoms with Crippen molar-refractivity contribution in [2.24, 2.45) is 11.0 Å². The summed E-state index contributed by atoms with van der Waals surface area (Å²) < 4.78 is 42.3. The van der Waals surface area contributed by atoms with E-state index in [9.17, 15) is 27.7 Å². The van der Waals surface area contributed by atoms with Crippen molar-refractivity contribution in [3.8, 4) is 0 Å². The number of nitrogens with two attached hydrogens (primary N) is 1. The van der Waals surface area contributed by atoms with E-state index in [0.29, 0.717) is 0 Å². The number of hydrogen-bond acceptors (Lipinski definition) is 6. The molecule has 7 nitrogen and oxygen atoms in total. The molecular formula is C13H14F3N3O4. The molecule has 1 rings (SSSR count). The molecule has 23 heavy (non-hydrogen) atoms. The van der Waals surface area contributed by atoms with Crippen LogP contribution in [0.4, 0.5) is 18.9 Å². The largest absolute Gasteiger partial charge is 0.472 e. The predicted molar refractivity (Wildman–Crippen MR) is 73.0 cm³/mol. The molecule has 1 aromatic rings. The summed E-state index contributed by atoms with van der Waals surface area (Å²) in [5, 5.41) is 2.58. The molecular weight excluding hydrogens is 319 g/mol. The Morgan fingerprint density at radius 3 is 2.30 bits per heavy atom. The highest BCUT2D eigenvalue weighted by Crippen LogP contribution is 2.28. The smallest absolute Gasteiger partial charge is 0.466 e. The number of rotatable bonds is 6. The maximum Gasteiger partial charge on any atom is 0.472 e. The molecule has 0 aliphatic carbocycles. The zero-order valence-electron chi connectivity index (χ0n) is 12.0. The Morgan fingerprint density at radius 1 is 1.30 bits per heavy atom. The van der Waals surface area contributed by atoms with Crippen molar-refractivity contribution in [3.05, 3.63) is 34.7 Å². The lowest BCUT2D eigenvalue weighted by molar-refractivity contribution is -0.189. The van der Waals surface area contributed by atoms with E-state index in [1.165, 1.54) is 31.2 Å². The number of hydrazine groups is 1. The Kier molecular flexibility index (Phi) is 6.19. The lowest BCUT2D eigenvalue weighted by Gasteiger charge is -2.27. The Balaban J connectivity index is 3.11. The zero-order valence-corrected chi connectivity index (χ0v) is 12.0. The molecule has 0 aromatic heterocycles. The van der Waals surface area contributed by atoms with Crippen LogP contribution in [0, 0.1) is 4.91 Å². The van der Waals surface area contributed by atoms with Crippen LogP contribution in [-0.2, 0) is 14.3 Å². The van der Waals surface area contributed by atoms with Crippen LogP contribution < -0.4 is 5.84 Å². The van der Waals surface area contributed by atoms with E-state index in [2.05, 4.69) is 9.91 Å². The fourth-order valence-corrected chi connectivity index (χ4v) is 1.80. The van der Waals surface area contributed by atoms with E-state index in [1.807, 2.05) is 0 Å². The number of hydrogen-bond donors (Lipinski definition) is 1. The van der Waals surface area contributed by atoms with Gasteiger partial charge in [0.2, 0.25) is 0 Å². The fraction of sp³-hybridized carbons (Fsp3) is 0.385. The average molecular weight is 333 g/mol. The van der Waals surface area contributed by atoms with Gasteiger partial charge in [-0.25, -0.2) is 5.84 Å². The highest BCUT2D eigenvalue weighted by atomic mass is 19.4. The number of ether oxygens (including phenoxy) is 1. The molecule has 0 heterocycles. The number of esters is 1. The van der Waals surface area contributed by atoms with Crippen molar-refractivity contribution < 1.29 is 27.5 Å². The molecule has 0 aliphatic rings. The number of nitroso groups, excluding NO2 is 1. The van der Waals surface area contributed by atoms with E-state index >= 15 is 0 Å². The zero-order chi connectivity index (χ0) is 17.6. The van der Waals surface area contributed by atoms with Gasteiger partial charge in [-0.05, 0) is 29.8 Å². The van der Waals surface area contributed by atoms with Crippen molar-refractivity contribution >= 4 is 17.6 Å². The molecule has 0 aliphatic heterocycles. The normalized spacial score (nSPS) is 12.4. The van der Waals surface area contributed by atoms with Gasteiger partial charge in [-0.3, -0.25) is 14.6 Å². The molecule has 1 amide bonds. The molecule has 2 N–H and O–H groups in total. The maximum atomic E-state index is 12.5. The van der Waals surface area contributed by atoms with Gasteiger partial charge in [0.25, 0.3) is 0 Å². The summed E-state index contributed by atoms with van der Waals surface area (Å²) in [6.45, 7) is 1.55. The summed E-state index contributed by atoms with van der Waals surface area (Å²) in [6.07, 6.45) is -5.76. The van der Waals surface area contributed by atoms with Gasteiger partial charge in [-0.1, -0.05) is 12.1 Å². The van der Waals surface area contributed by atoms with Crippen LogP contribution in [-0.4, -0.2) is 29.7 Å². The van der Waals surface area contributed by atoms with Gasteiger partial charge in [0.15, 0.2) is 0 Å². The summed E-state index contributed by atoms with van der Waals surface area (Å²) in [4.78, 5) is 33.2. The quantitative estimate of drug-likeness (QED) is 0.283. The van der Waals surface area contributed by atoms with Crippen LogP contribution in [0.3, 0.4) is 0 Å². The van der Waals surface area contributed by atoms with Crippen LogP contribution in [0.1, 0.15) is 24.9 Å². The predicted octanol–water partition coefficient (Wildman–Crippen LogP) is 2.34. The van der Waals surface area contributed by atoms with E-state index in [-0.39, 0.29) is 22.9 Å². The fourth-order valence-electron chi connectivity index (χ4n) is 1.80.